The van der Waals surface area contributed by atoms with Crippen molar-refractivity contribution in [1.29, 1.82) is 0 Å². The van der Waals surface area contributed by atoms with Gasteiger partial charge in [-0.3, -0.25) is 19.7 Å². The molecule has 0 amide bonds. The second kappa shape index (κ2) is 6.74. The van der Waals surface area contributed by atoms with Gasteiger partial charge in [0, 0.05) is 17.6 Å². The molecule has 0 saturated heterocycles. The van der Waals surface area contributed by atoms with Crippen molar-refractivity contribution in [3.63, 3.8) is 0 Å². The predicted molar refractivity (Wildman–Crippen MR) is 78.1 cm³/mol. The highest BCUT2D eigenvalue weighted by Crippen LogP contribution is 2.12. The van der Waals surface area contributed by atoms with Crippen LogP contribution in [0.4, 0.5) is 5.69 Å². The average Bonchev–Trinajstić information content (AvgIpc) is 2.98. The first-order valence-electron chi connectivity index (χ1n) is 6.38. The smallest absolute Gasteiger partial charge is 0.306 e. The first-order valence-corrected chi connectivity index (χ1v) is 7.26. The van der Waals surface area contributed by atoms with E-state index in [1.165, 1.54) is 17.1 Å². The zero-order valence-corrected chi connectivity index (χ0v) is 12.7. The van der Waals surface area contributed by atoms with Gasteiger partial charge in [-0.05, 0) is 14.0 Å². The molecule has 8 nitrogen and oxygen atoms in total. The quantitative estimate of drug-likeness (QED) is 0.606. The highest BCUT2D eigenvalue weighted by molar-refractivity contribution is 7.09. The Hall–Kier alpha value is -1.84. The summed E-state index contributed by atoms with van der Waals surface area (Å²) in [6, 6.07) is 0. The first-order chi connectivity index (χ1) is 9.94. The van der Waals surface area contributed by atoms with E-state index in [1.807, 2.05) is 24.3 Å². The van der Waals surface area contributed by atoms with Crippen molar-refractivity contribution in [3.05, 3.63) is 38.6 Å². The van der Waals surface area contributed by atoms with Gasteiger partial charge in [-0.1, -0.05) is 0 Å². The number of rotatable bonds is 7. The lowest BCUT2D eigenvalue weighted by molar-refractivity contribution is -0.385. The van der Waals surface area contributed by atoms with E-state index >= 15 is 0 Å². The minimum Gasteiger partial charge on any atom is -0.390 e. The molecule has 114 valence electrons. The third kappa shape index (κ3) is 4.59. The van der Waals surface area contributed by atoms with Crippen molar-refractivity contribution in [2.75, 3.05) is 13.6 Å². The van der Waals surface area contributed by atoms with Crippen LogP contribution in [0.5, 0.6) is 0 Å². The molecule has 1 atom stereocenters. The van der Waals surface area contributed by atoms with Crippen molar-refractivity contribution < 1.29 is 10.0 Å². The number of nitro groups is 1. The van der Waals surface area contributed by atoms with Gasteiger partial charge in [0.2, 0.25) is 0 Å². The topological polar surface area (TPSA) is 97.3 Å². The summed E-state index contributed by atoms with van der Waals surface area (Å²) in [5.74, 6) is 0. The van der Waals surface area contributed by atoms with Gasteiger partial charge < -0.3 is 5.11 Å². The van der Waals surface area contributed by atoms with Crippen LogP contribution in [0.25, 0.3) is 0 Å². The Bertz CT molecular complexity index is 612. The fourth-order valence-electron chi connectivity index (χ4n) is 1.95. The van der Waals surface area contributed by atoms with Crippen LogP contribution in [-0.2, 0) is 13.1 Å². The second-order valence-corrected chi connectivity index (χ2v) is 5.85. The third-order valence-electron chi connectivity index (χ3n) is 2.82. The van der Waals surface area contributed by atoms with Gasteiger partial charge in [0.15, 0.2) is 0 Å². The molecule has 9 heteroatoms. The van der Waals surface area contributed by atoms with E-state index in [1.54, 1.807) is 11.3 Å². The molecule has 0 aliphatic carbocycles. The lowest BCUT2D eigenvalue weighted by atomic mass is 10.3. The van der Waals surface area contributed by atoms with E-state index in [0.717, 1.165) is 10.7 Å². The Morgan fingerprint density at radius 2 is 2.38 bits per heavy atom. The van der Waals surface area contributed by atoms with Crippen LogP contribution in [0.1, 0.15) is 10.7 Å². The molecular formula is C12H17N5O3S. The van der Waals surface area contributed by atoms with Crippen LogP contribution in [0.3, 0.4) is 0 Å². The van der Waals surface area contributed by atoms with Crippen LogP contribution in [0.15, 0.2) is 17.8 Å². The van der Waals surface area contributed by atoms with Crippen molar-refractivity contribution in [3.8, 4) is 0 Å². The molecule has 2 aromatic rings. The van der Waals surface area contributed by atoms with Crippen LogP contribution >= 0.6 is 11.3 Å². The summed E-state index contributed by atoms with van der Waals surface area (Å²) in [6.45, 7) is 3.26. The van der Waals surface area contributed by atoms with Crippen LogP contribution in [0.2, 0.25) is 0 Å². The number of aryl methyl sites for hydroxylation is 1. The van der Waals surface area contributed by atoms with E-state index in [2.05, 4.69) is 10.1 Å². The van der Waals surface area contributed by atoms with Gasteiger partial charge in [-0.2, -0.15) is 5.10 Å². The molecule has 0 saturated carbocycles. The fraction of sp³-hybridized carbons (Fsp3) is 0.500. The lowest BCUT2D eigenvalue weighted by Crippen LogP contribution is -2.31. The summed E-state index contributed by atoms with van der Waals surface area (Å²) in [5, 5.41) is 27.4. The Balaban J connectivity index is 1.82. The zero-order valence-electron chi connectivity index (χ0n) is 11.8. The van der Waals surface area contributed by atoms with Crippen molar-refractivity contribution in [1.82, 2.24) is 19.7 Å². The standard InChI is InChI=1S/C12H17N5O3S/c1-9-8-21-12(14-9)7-15(2)5-11(18)6-16-4-10(3-13-16)17(19)20/h3-4,8,11,18H,5-7H2,1-2H3. The molecule has 1 unspecified atom stereocenters. The maximum Gasteiger partial charge on any atom is 0.306 e. The largest absolute Gasteiger partial charge is 0.390 e. The van der Waals surface area contributed by atoms with E-state index in [-0.39, 0.29) is 12.2 Å². The number of likely N-dealkylation sites (N-methyl/N-ethyl adjacent to an activating group) is 1. The van der Waals surface area contributed by atoms with E-state index in [4.69, 9.17) is 0 Å². The van der Waals surface area contributed by atoms with Gasteiger partial charge in [-0.15, -0.1) is 11.3 Å². The first kappa shape index (κ1) is 15.5. The molecule has 0 bridgehead atoms. The number of aliphatic hydroxyl groups excluding tert-OH is 1. The Morgan fingerprint density at radius 3 is 2.95 bits per heavy atom. The number of hydrogen-bond donors (Lipinski definition) is 1. The molecular weight excluding hydrogens is 294 g/mol. The maximum atomic E-state index is 10.6. The average molecular weight is 311 g/mol. The molecule has 21 heavy (non-hydrogen) atoms. The fourth-order valence-corrected chi connectivity index (χ4v) is 2.80. The Kier molecular flexibility index (Phi) is 4.99. The van der Waals surface area contributed by atoms with Gasteiger partial charge in [0.1, 0.15) is 17.4 Å². The van der Waals surface area contributed by atoms with E-state index in [9.17, 15) is 15.2 Å². The zero-order chi connectivity index (χ0) is 15.4. The summed E-state index contributed by atoms with van der Waals surface area (Å²) in [4.78, 5) is 16.4. The number of aromatic nitrogens is 3. The molecule has 0 aliphatic rings. The monoisotopic (exact) mass is 311 g/mol. The number of nitrogens with zero attached hydrogens (tertiary/aromatic N) is 5. The summed E-state index contributed by atoms with van der Waals surface area (Å²) in [6.07, 6.45) is 1.83. The molecule has 0 spiro atoms. The minimum atomic E-state index is -0.657. The molecule has 0 aliphatic heterocycles. The lowest BCUT2D eigenvalue weighted by Gasteiger charge is -2.19. The SMILES string of the molecule is Cc1csc(CN(C)CC(O)Cn2cc([N+](=O)[O-])cn2)n1. The van der Waals surface area contributed by atoms with E-state index in [0.29, 0.717) is 13.1 Å². The normalized spacial score (nSPS) is 12.8. The third-order valence-corrected chi connectivity index (χ3v) is 3.77. The number of hydrogen-bond acceptors (Lipinski definition) is 7. The number of aliphatic hydroxyl groups is 1. The van der Waals surface area contributed by atoms with Crippen molar-refractivity contribution in [2.45, 2.75) is 26.1 Å². The van der Waals surface area contributed by atoms with Crippen LogP contribution in [-0.4, -0.2) is 49.4 Å². The van der Waals surface area contributed by atoms with E-state index < -0.39 is 11.0 Å². The molecule has 2 aromatic heterocycles. The predicted octanol–water partition coefficient (Wildman–Crippen LogP) is 1.05. The summed E-state index contributed by atoms with van der Waals surface area (Å²) < 4.78 is 1.38. The van der Waals surface area contributed by atoms with Crippen LogP contribution in [0, 0.1) is 17.0 Å². The van der Waals surface area contributed by atoms with Crippen molar-refractivity contribution in [2.24, 2.45) is 0 Å². The van der Waals surface area contributed by atoms with Gasteiger partial charge >= 0.3 is 5.69 Å². The minimum absolute atomic E-state index is 0.0752. The van der Waals surface area contributed by atoms with Gasteiger partial charge in [-0.25, -0.2) is 4.98 Å². The molecule has 0 fully saturated rings. The van der Waals surface area contributed by atoms with Crippen molar-refractivity contribution >= 4 is 17.0 Å². The Labute approximate surface area is 125 Å². The second-order valence-electron chi connectivity index (χ2n) is 4.91. The highest BCUT2D eigenvalue weighted by Gasteiger charge is 2.14. The summed E-state index contributed by atoms with van der Waals surface area (Å²) >= 11 is 1.59. The molecule has 0 aromatic carbocycles. The highest BCUT2D eigenvalue weighted by atomic mass is 32.1. The van der Waals surface area contributed by atoms with Gasteiger partial charge in [0.25, 0.3) is 0 Å². The number of thiazole rings is 1. The Morgan fingerprint density at radius 1 is 1.62 bits per heavy atom. The van der Waals surface area contributed by atoms with Gasteiger partial charge in [0.05, 0.1) is 24.1 Å². The molecule has 2 rings (SSSR count). The maximum absolute atomic E-state index is 10.6. The summed E-state index contributed by atoms with van der Waals surface area (Å²) in [7, 11) is 1.89. The van der Waals surface area contributed by atoms with Crippen LogP contribution < -0.4 is 0 Å². The summed E-state index contributed by atoms with van der Waals surface area (Å²) in [5.41, 5.74) is 0.918. The molecule has 0 radical (unpaired) electrons. The molecule has 1 N–H and O–H groups in total. The molecule has 2 heterocycles.